The van der Waals surface area contributed by atoms with Crippen molar-refractivity contribution in [3.8, 4) is 11.5 Å². The maximum atomic E-state index is 14.5. The Bertz CT molecular complexity index is 6430. The molecule has 0 spiro atoms. The predicted octanol–water partition coefficient (Wildman–Crippen LogP) is -3.14. The van der Waals surface area contributed by atoms with Crippen LogP contribution < -0.4 is 72.7 Å². The van der Waals surface area contributed by atoms with Gasteiger partial charge < -0.3 is 103 Å². The van der Waals surface area contributed by atoms with Crippen LogP contribution >= 0.6 is 0 Å². The summed E-state index contributed by atoms with van der Waals surface area (Å²) in [6.07, 6.45) is 8.99. The number of benzene rings is 4. The molecule has 0 unspecified atom stereocenters. The SMILES string of the molecule is Cc1cc(OCCCC(=O)NCCNC(=O)[C@H](CS(=O)(=O)O)NC(=O)CC[C@H](NC(=O)CN2CCN(CC(=O)O)CCN(CC(=O)O)CCN(CC(=O)O)CC2)C(=O)N[C@@H](CS(=O)(=O)O)C(=O)NCCNC(=O)CCCOc2cc(C)c(S(=O)(=O)[C@@H](CNC(=O)c3ccc4c(cnn4CCCNc4ncc[nH]4)c3)C(=O)O)c(C)c2)cc(C)c1S(=O)(=O)N[C@@H](CNC(=O)c1ccc2c(cnn2CCCNc2ncc[nH]2)c1)C(=O)O. The van der Waals surface area contributed by atoms with Crippen LogP contribution in [0.2, 0.25) is 0 Å². The van der Waals surface area contributed by atoms with E-state index in [1.54, 1.807) is 70.8 Å². The van der Waals surface area contributed by atoms with Crippen molar-refractivity contribution < 1.29 is 145 Å². The summed E-state index contributed by atoms with van der Waals surface area (Å²) in [5.41, 5.74) is 2.20. The van der Waals surface area contributed by atoms with E-state index in [0.717, 1.165) is 11.0 Å². The number of carbonyl (C=O) groups is 14. The van der Waals surface area contributed by atoms with Gasteiger partial charge in [-0.3, -0.25) is 105 Å². The lowest BCUT2D eigenvalue weighted by Gasteiger charge is -2.33. The molecule has 0 aliphatic carbocycles. The minimum Gasteiger partial charge on any atom is -0.494 e. The Hall–Kier alpha value is -14.5. The van der Waals surface area contributed by atoms with Crippen molar-refractivity contribution >= 4 is 157 Å². The van der Waals surface area contributed by atoms with Crippen molar-refractivity contribution in [2.24, 2.45) is 0 Å². The van der Waals surface area contributed by atoms with Crippen molar-refractivity contribution in [3.63, 3.8) is 0 Å². The summed E-state index contributed by atoms with van der Waals surface area (Å²) in [4.78, 5) is 203. The van der Waals surface area contributed by atoms with Gasteiger partial charge in [0, 0.05) is 184 Å². The number of amides is 9. The zero-order chi connectivity index (χ0) is 108. The number of sulfonamides is 1. The molecule has 4 aromatic heterocycles. The first-order chi connectivity index (χ1) is 70.1. The van der Waals surface area contributed by atoms with Gasteiger partial charge in [-0.1, -0.05) is 0 Å². The Morgan fingerprint density at radius 2 is 0.818 bits per heavy atom. The maximum Gasteiger partial charge on any atom is 0.324 e. The number of nitrogens with one attached hydrogen (secondary N) is 14. The molecular formula is C89H122N24O31S4. The van der Waals surface area contributed by atoms with Crippen molar-refractivity contribution in [2.75, 3.05) is 166 Å². The van der Waals surface area contributed by atoms with Crippen LogP contribution in [0.1, 0.15) is 94.3 Å². The summed E-state index contributed by atoms with van der Waals surface area (Å²) in [5, 5.41) is 84.8. The van der Waals surface area contributed by atoms with Crippen LogP contribution in [0.15, 0.2) is 108 Å². The number of carboxylic acids is 5. The zero-order valence-electron chi connectivity index (χ0n) is 81.2. The Kier molecular flexibility index (Phi) is 44.2. The van der Waals surface area contributed by atoms with Crippen molar-refractivity contribution in [1.82, 2.24) is 112 Å². The molecule has 1 fully saturated rings. The van der Waals surface area contributed by atoms with E-state index in [-0.39, 0.29) is 159 Å². The first-order valence-electron chi connectivity index (χ1n) is 46.6. The summed E-state index contributed by atoms with van der Waals surface area (Å²) < 4.78 is 143. The lowest BCUT2D eigenvalue weighted by Crippen LogP contribution is -2.57. The fraction of sp³-hybridized carbons (Fsp3) is 0.483. The van der Waals surface area contributed by atoms with E-state index >= 15 is 0 Å². The third-order valence-corrected chi connectivity index (χ3v) is 28.5. The summed E-state index contributed by atoms with van der Waals surface area (Å²) in [6, 6.07) is 6.70. The summed E-state index contributed by atoms with van der Waals surface area (Å²) >= 11 is 0. The number of rotatable bonds is 60. The number of imidazole rings is 2. The summed E-state index contributed by atoms with van der Waals surface area (Å²) in [6.45, 7) is 1.79. The smallest absolute Gasteiger partial charge is 0.324 e. The molecule has 1 aliphatic heterocycles. The van der Waals surface area contributed by atoms with Crippen molar-refractivity contribution in [3.05, 3.63) is 131 Å². The van der Waals surface area contributed by atoms with Gasteiger partial charge in [-0.05, 0) is 143 Å². The highest BCUT2D eigenvalue weighted by molar-refractivity contribution is 7.93. The Morgan fingerprint density at radius 1 is 0.419 bits per heavy atom. The second kappa shape index (κ2) is 55.9. The van der Waals surface area contributed by atoms with Crippen LogP contribution in [-0.2, 0) is 111 Å². The molecule has 0 radical (unpaired) electrons. The lowest BCUT2D eigenvalue weighted by molar-refractivity contribution is -0.140. The molecule has 5 heterocycles. The van der Waals surface area contributed by atoms with Gasteiger partial charge in [0.1, 0.15) is 47.2 Å². The number of fused-ring (bicyclic) bond motifs is 2. The fourth-order valence-corrected chi connectivity index (χ4v) is 20.7. The van der Waals surface area contributed by atoms with Gasteiger partial charge in [-0.2, -0.15) is 31.8 Å². The van der Waals surface area contributed by atoms with E-state index in [1.165, 1.54) is 83.7 Å². The number of aliphatic carboxylic acids is 5. The van der Waals surface area contributed by atoms with Gasteiger partial charge in [-0.25, -0.2) is 26.8 Å². The number of carbonyl (C=O) groups excluding carboxylic acids is 9. The average Bonchev–Trinajstić information content (AvgIpc) is 0.976. The molecule has 0 bridgehead atoms. The zero-order valence-corrected chi connectivity index (χ0v) is 84.5. The van der Waals surface area contributed by atoms with Crippen LogP contribution in [0.5, 0.6) is 11.5 Å². The molecule has 5 atom stereocenters. The predicted molar refractivity (Wildman–Crippen MR) is 528 cm³/mol. The van der Waals surface area contributed by atoms with Crippen LogP contribution in [0.4, 0.5) is 11.9 Å². The third-order valence-electron chi connectivity index (χ3n) is 22.9. The Morgan fingerprint density at radius 3 is 1.22 bits per heavy atom. The number of aryl methyl sites for hydroxylation is 6. The third kappa shape index (κ3) is 38.4. The highest BCUT2D eigenvalue weighted by Gasteiger charge is 2.39. The van der Waals surface area contributed by atoms with Gasteiger partial charge in [0.2, 0.25) is 51.4 Å². The Labute approximate surface area is 849 Å². The van der Waals surface area contributed by atoms with E-state index < -0.39 is 229 Å². The highest BCUT2D eigenvalue weighted by atomic mass is 32.2. The Balaban J connectivity index is 0.760. The largest absolute Gasteiger partial charge is 0.494 e. The number of hydrogen-bond acceptors (Lipinski definition) is 34. The molecular weight excluding hydrogens is 2030 g/mol. The molecule has 21 N–H and O–H groups in total. The molecule has 59 heteroatoms. The first kappa shape index (κ1) is 117. The van der Waals surface area contributed by atoms with Gasteiger partial charge in [0.05, 0.1) is 72.6 Å². The first-order valence-corrected chi connectivity index (χ1v) is 52.9. The van der Waals surface area contributed by atoms with Gasteiger partial charge >= 0.3 is 29.8 Å². The lowest BCUT2D eigenvalue weighted by atomic mass is 10.1. The number of anilines is 2. The topological polar surface area (TPSA) is 786 Å². The molecule has 9 amide bonds. The number of carboxylic acid groups (broad SMARTS) is 5. The van der Waals surface area contributed by atoms with Crippen LogP contribution in [-0.4, -0.2) is 395 Å². The average molecular weight is 2150 g/mol. The van der Waals surface area contributed by atoms with Crippen LogP contribution in [0, 0.1) is 27.7 Å². The van der Waals surface area contributed by atoms with Gasteiger partial charge in [0.25, 0.3) is 32.1 Å². The van der Waals surface area contributed by atoms with Gasteiger partial charge in [-0.15, -0.1) is 0 Å². The van der Waals surface area contributed by atoms with E-state index in [0.29, 0.717) is 61.7 Å². The van der Waals surface area contributed by atoms with Crippen molar-refractivity contribution in [2.45, 2.75) is 131 Å². The van der Waals surface area contributed by atoms with E-state index in [9.17, 15) is 135 Å². The maximum absolute atomic E-state index is 14.5. The molecule has 1 saturated heterocycles. The molecule has 148 heavy (non-hydrogen) atoms. The molecule has 9 rings (SSSR count). The number of ether oxygens (including phenoxy) is 2. The second-order valence-corrected chi connectivity index (χ2v) is 41.3. The number of aromatic amines is 2. The molecule has 55 nitrogen and oxygen atoms in total. The quantitative estimate of drug-likeness (QED) is 0.0132. The molecule has 808 valence electrons. The number of aromatic nitrogens is 8. The fourth-order valence-electron chi connectivity index (χ4n) is 15.9. The minimum atomic E-state index is -5.22. The van der Waals surface area contributed by atoms with E-state index in [4.69, 9.17) is 9.47 Å². The number of hydrogen-bond donors (Lipinski definition) is 21. The summed E-state index contributed by atoms with van der Waals surface area (Å²) in [5.74, 6) is -17.5. The molecule has 8 aromatic rings. The number of sulfone groups is 1. The summed E-state index contributed by atoms with van der Waals surface area (Å²) in [7, 11) is -19.6. The second-order valence-electron chi connectivity index (χ2n) is 34.6. The monoisotopic (exact) mass is 2150 g/mol. The van der Waals surface area contributed by atoms with Gasteiger partial charge in [0.15, 0.2) is 27.0 Å². The molecule has 0 saturated carbocycles. The van der Waals surface area contributed by atoms with E-state index in [1.807, 2.05) is 0 Å². The van der Waals surface area contributed by atoms with Crippen molar-refractivity contribution in [1.29, 1.82) is 0 Å². The normalized spacial score (nSPS) is 14.3. The highest BCUT2D eigenvalue weighted by Crippen LogP contribution is 2.31. The van der Waals surface area contributed by atoms with E-state index in [2.05, 4.69) is 93.3 Å². The van der Waals surface area contributed by atoms with Crippen LogP contribution in [0.25, 0.3) is 21.8 Å². The van der Waals surface area contributed by atoms with Crippen LogP contribution in [0.3, 0.4) is 0 Å². The molecule has 1 aliphatic rings. The standard InChI is InChI=1S/C89H122N24O31S4/c1-55-39-63(40-56(2)79(55)147(139,140)71(87(131)132)48-101-82(125)60-12-15-70-62(44-60)46-103-113(70)28-8-18-95-89-98-25-26-99-89)143-37-5-9-73(115)91-20-22-93-84(127)68(54-146(136,137)138)106-85(128)65(104-75(117)49-108-29-31-109(50-76(118)119)33-35-111(52-78(122)123)36-34-110(32-30-108)51-77(120)121)13-16-74(116)105-67(53-145(133,134)135)83(126)92-21-19-90-72(114)10-6-38-144-64-41-57(3)80(58(4)42-64)148(141,142)107-66(86(129)130)47-100-81(124)59-11-14-69-61(43-59)45-102-112(69)27-7-17-94-88-96-23-24-97-88/h11-12,14-15,23-26,39-46,65-68,71,107H,5-10,13,16-22,27-38,47-54H2,1-4H3,(H,90,114)(H,91,115)(H,92,126)(H,93,127)(H,100,124)(H,101,125)(H,104,117)(H,105,116)(H,106,128)(H,118,119)(H,120,121)(H,122,123)(H,129,130)(H,131,132)(H2,94,96,97)(H2,95,98,99)(H,133,134,135)(H,136,137,138)/t65-,66-,67-,68-,71-/m0/s1. The number of nitrogens with zero attached hydrogens (tertiary/aromatic N) is 10. The molecule has 4 aromatic carbocycles. The number of H-pyrrole nitrogens is 2. The minimum absolute atomic E-state index is 0.00228.